The van der Waals surface area contributed by atoms with E-state index in [1.54, 1.807) is 32.4 Å². The highest BCUT2D eigenvalue weighted by Gasteiger charge is 2.12. The molecule has 2 aromatic rings. The van der Waals surface area contributed by atoms with Crippen LogP contribution in [0.25, 0.3) is 10.9 Å². The maximum Gasteiger partial charge on any atom is 0.262 e. The lowest BCUT2D eigenvalue weighted by Gasteiger charge is -2.14. The molecule has 1 atom stereocenters. The van der Waals surface area contributed by atoms with Crippen LogP contribution < -0.4 is 10.9 Å². The normalized spacial score (nSPS) is 12.3. The third-order valence-electron chi connectivity index (χ3n) is 4.11. The van der Waals surface area contributed by atoms with Crippen LogP contribution in [0.15, 0.2) is 23.0 Å². The highest BCUT2D eigenvalue weighted by molar-refractivity contribution is 7.71. The number of carbonyl (C=O) groups excluding carboxylic acids is 1. The van der Waals surface area contributed by atoms with Crippen LogP contribution in [0.4, 0.5) is 0 Å². The second kappa shape index (κ2) is 9.61. The Labute approximate surface area is 157 Å². The number of methoxy groups -OCH3 is 2. The van der Waals surface area contributed by atoms with Gasteiger partial charge in [-0.2, -0.15) is 0 Å². The summed E-state index contributed by atoms with van der Waals surface area (Å²) in [6, 6.07) is 4.96. The molecule has 0 saturated carbocycles. The molecule has 8 heteroatoms. The van der Waals surface area contributed by atoms with Gasteiger partial charge in [-0.25, -0.2) is 0 Å². The van der Waals surface area contributed by atoms with E-state index in [9.17, 15) is 9.59 Å². The number of hydrogen-bond donors (Lipinski definition) is 2. The van der Waals surface area contributed by atoms with Gasteiger partial charge in [0, 0.05) is 45.6 Å². The molecule has 0 aliphatic rings. The Bertz CT molecular complexity index is 875. The predicted octanol–water partition coefficient (Wildman–Crippen LogP) is 2.25. The molecular formula is C18H25N3O4S. The number of nitrogens with zero attached hydrogens (tertiary/aromatic N) is 1. The van der Waals surface area contributed by atoms with Crippen molar-refractivity contribution in [3.05, 3.63) is 38.9 Å². The van der Waals surface area contributed by atoms with E-state index in [4.69, 9.17) is 21.7 Å². The lowest BCUT2D eigenvalue weighted by Crippen LogP contribution is -2.33. The molecule has 0 saturated heterocycles. The molecule has 26 heavy (non-hydrogen) atoms. The Hall–Kier alpha value is -2.03. The van der Waals surface area contributed by atoms with Crippen molar-refractivity contribution in [2.75, 3.05) is 27.4 Å². The van der Waals surface area contributed by atoms with Crippen molar-refractivity contribution >= 4 is 29.0 Å². The fourth-order valence-corrected chi connectivity index (χ4v) is 2.92. The van der Waals surface area contributed by atoms with Gasteiger partial charge >= 0.3 is 0 Å². The van der Waals surface area contributed by atoms with E-state index in [1.807, 2.05) is 6.92 Å². The largest absolute Gasteiger partial charge is 0.385 e. The van der Waals surface area contributed by atoms with Crippen LogP contribution in [-0.2, 0) is 16.0 Å². The van der Waals surface area contributed by atoms with Gasteiger partial charge in [0.05, 0.1) is 10.9 Å². The van der Waals surface area contributed by atoms with Gasteiger partial charge in [-0.3, -0.25) is 14.2 Å². The Kier molecular flexibility index (Phi) is 7.50. The summed E-state index contributed by atoms with van der Waals surface area (Å²) in [4.78, 5) is 28.1. The van der Waals surface area contributed by atoms with Crippen LogP contribution in [-0.4, -0.2) is 48.9 Å². The van der Waals surface area contributed by atoms with Gasteiger partial charge in [-0.1, -0.05) is 0 Å². The lowest BCUT2D eigenvalue weighted by atomic mass is 10.1. The van der Waals surface area contributed by atoms with Crippen molar-refractivity contribution in [2.45, 2.75) is 32.4 Å². The number of aromatic amines is 1. The van der Waals surface area contributed by atoms with E-state index in [0.717, 1.165) is 6.42 Å². The van der Waals surface area contributed by atoms with Crippen molar-refractivity contribution in [1.29, 1.82) is 0 Å². The van der Waals surface area contributed by atoms with Crippen LogP contribution in [0.2, 0.25) is 0 Å². The van der Waals surface area contributed by atoms with E-state index in [0.29, 0.717) is 47.4 Å². The highest BCUT2D eigenvalue weighted by atomic mass is 32.1. The number of carbonyl (C=O) groups is 1. The first kappa shape index (κ1) is 20.3. The summed E-state index contributed by atoms with van der Waals surface area (Å²) in [6.07, 6.45) is 1.42. The quantitative estimate of drug-likeness (QED) is 0.516. The summed E-state index contributed by atoms with van der Waals surface area (Å²) in [6.45, 7) is 3.54. The second-order valence-corrected chi connectivity index (χ2v) is 6.54. The van der Waals surface area contributed by atoms with Gasteiger partial charge in [0.2, 0.25) is 0 Å². The molecule has 0 bridgehead atoms. The van der Waals surface area contributed by atoms with E-state index in [2.05, 4.69) is 10.3 Å². The molecule has 2 rings (SSSR count). The standard InChI is InChI=1S/C18H25N3O4S/c1-12(7-10-25-3)19-16(22)13-5-6-14-15(11-13)20-18(26)21(17(14)23)8-4-9-24-2/h5-6,11-12H,4,7-10H2,1-3H3,(H,19,22)(H,20,26). The van der Waals surface area contributed by atoms with E-state index < -0.39 is 0 Å². The Balaban J connectivity index is 2.26. The number of amides is 1. The monoisotopic (exact) mass is 379 g/mol. The molecule has 1 unspecified atom stereocenters. The van der Waals surface area contributed by atoms with E-state index in [1.165, 1.54) is 4.57 Å². The first-order chi connectivity index (χ1) is 12.5. The van der Waals surface area contributed by atoms with Crippen molar-refractivity contribution in [2.24, 2.45) is 0 Å². The molecule has 0 aliphatic carbocycles. The zero-order valence-electron chi connectivity index (χ0n) is 15.3. The van der Waals surface area contributed by atoms with Gasteiger partial charge in [0.15, 0.2) is 4.77 Å². The van der Waals surface area contributed by atoms with E-state index in [-0.39, 0.29) is 17.5 Å². The number of nitrogens with one attached hydrogen (secondary N) is 2. The first-order valence-electron chi connectivity index (χ1n) is 8.53. The van der Waals surface area contributed by atoms with Crippen molar-refractivity contribution in [3.63, 3.8) is 0 Å². The molecule has 0 radical (unpaired) electrons. The average Bonchev–Trinajstić information content (AvgIpc) is 2.62. The van der Waals surface area contributed by atoms with Gasteiger partial charge in [0.1, 0.15) is 0 Å². The van der Waals surface area contributed by atoms with Crippen LogP contribution in [0, 0.1) is 4.77 Å². The Morgan fingerprint density at radius 2 is 2.04 bits per heavy atom. The summed E-state index contributed by atoms with van der Waals surface area (Å²) in [5.74, 6) is -0.195. The zero-order valence-corrected chi connectivity index (χ0v) is 16.1. The highest BCUT2D eigenvalue weighted by Crippen LogP contribution is 2.11. The number of H-pyrrole nitrogens is 1. The molecule has 1 aromatic heterocycles. The van der Waals surface area contributed by atoms with Crippen molar-refractivity contribution in [1.82, 2.24) is 14.9 Å². The van der Waals surface area contributed by atoms with Crippen molar-refractivity contribution < 1.29 is 14.3 Å². The van der Waals surface area contributed by atoms with Gasteiger partial charge in [-0.15, -0.1) is 0 Å². The van der Waals surface area contributed by atoms with Crippen LogP contribution >= 0.6 is 12.2 Å². The molecule has 7 nitrogen and oxygen atoms in total. The SMILES string of the molecule is COCCCn1c(=S)[nH]c2cc(C(=O)NC(C)CCOC)ccc2c1=O. The number of aromatic nitrogens is 2. The molecule has 142 valence electrons. The fourth-order valence-electron chi connectivity index (χ4n) is 2.64. The number of ether oxygens (including phenoxy) is 2. The Morgan fingerprint density at radius 1 is 1.31 bits per heavy atom. The number of benzene rings is 1. The summed E-state index contributed by atoms with van der Waals surface area (Å²) in [7, 11) is 3.24. The number of rotatable bonds is 9. The maximum absolute atomic E-state index is 12.6. The predicted molar refractivity (Wildman–Crippen MR) is 103 cm³/mol. The minimum absolute atomic E-state index is 0.00886. The third-order valence-corrected chi connectivity index (χ3v) is 4.43. The molecule has 0 spiro atoms. The topological polar surface area (TPSA) is 85.3 Å². The van der Waals surface area contributed by atoms with Crippen molar-refractivity contribution in [3.8, 4) is 0 Å². The summed E-state index contributed by atoms with van der Waals surface area (Å²) >= 11 is 5.30. The number of fused-ring (bicyclic) bond motifs is 1. The minimum atomic E-state index is -0.195. The zero-order chi connectivity index (χ0) is 19.1. The Morgan fingerprint density at radius 3 is 2.73 bits per heavy atom. The lowest BCUT2D eigenvalue weighted by molar-refractivity contribution is 0.0929. The number of hydrogen-bond acceptors (Lipinski definition) is 5. The van der Waals surface area contributed by atoms with Crippen LogP contribution in [0.1, 0.15) is 30.1 Å². The third kappa shape index (κ3) is 5.00. The van der Waals surface area contributed by atoms with Gasteiger partial charge in [0.25, 0.3) is 11.5 Å². The van der Waals surface area contributed by atoms with Crippen LogP contribution in [0.3, 0.4) is 0 Å². The fraction of sp³-hybridized carbons (Fsp3) is 0.500. The minimum Gasteiger partial charge on any atom is -0.385 e. The molecule has 0 fully saturated rings. The molecule has 2 N–H and O–H groups in total. The van der Waals surface area contributed by atoms with E-state index >= 15 is 0 Å². The second-order valence-electron chi connectivity index (χ2n) is 6.15. The average molecular weight is 379 g/mol. The van der Waals surface area contributed by atoms with Gasteiger partial charge < -0.3 is 19.8 Å². The smallest absolute Gasteiger partial charge is 0.262 e. The first-order valence-corrected chi connectivity index (χ1v) is 8.94. The summed E-state index contributed by atoms with van der Waals surface area (Å²) < 4.78 is 11.9. The molecule has 1 aromatic carbocycles. The maximum atomic E-state index is 12.6. The summed E-state index contributed by atoms with van der Waals surface area (Å²) in [5, 5.41) is 3.41. The molecule has 0 aliphatic heterocycles. The van der Waals surface area contributed by atoms with Crippen LogP contribution in [0.5, 0.6) is 0 Å². The van der Waals surface area contributed by atoms with Gasteiger partial charge in [-0.05, 0) is 50.2 Å². The molecular weight excluding hydrogens is 354 g/mol. The summed E-state index contributed by atoms with van der Waals surface area (Å²) in [5.41, 5.74) is 0.865. The molecule has 1 amide bonds. The molecule has 1 heterocycles.